The molecule has 0 spiro atoms. The molecular weight excluding hydrogens is 444 g/mol. The number of nitro groups is 1. The summed E-state index contributed by atoms with van der Waals surface area (Å²) in [6.07, 6.45) is 2.60. The lowest BCUT2D eigenvalue weighted by molar-refractivity contribution is -0.384. The highest BCUT2D eigenvalue weighted by Gasteiger charge is 2.13. The number of halogens is 2. The highest BCUT2D eigenvalue weighted by molar-refractivity contribution is 9.10. The van der Waals surface area contributed by atoms with E-state index < -0.39 is 23.4 Å². The summed E-state index contributed by atoms with van der Waals surface area (Å²) in [6, 6.07) is 3.87. The Morgan fingerprint density at radius 1 is 1.48 bits per heavy atom. The van der Waals surface area contributed by atoms with E-state index in [1.807, 2.05) is 0 Å². The van der Waals surface area contributed by atoms with E-state index in [1.165, 1.54) is 29.0 Å². The molecule has 0 atom stereocenters. The summed E-state index contributed by atoms with van der Waals surface area (Å²) in [6.45, 7) is 1.22. The molecule has 2 aromatic rings. The number of nitrogens with one attached hydrogen (secondary N) is 1. The third-order valence-electron chi connectivity index (χ3n) is 3.37. The Bertz CT molecular complexity index is 941. The number of hydrogen-bond donors (Lipinski definition) is 1. The van der Waals surface area contributed by atoms with Crippen molar-refractivity contribution in [3.05, 3.63) is 55.3 Å². The molecule has 0 saturated heterocycles. The summed E-state index contributed by atoms with van der Waals surface area (Å²) in [5, 5.41) is 17.7. The van der Waals surface area contributed by atoms with Crippen LogP contribution in [0.5, 0.6) is 0 Å². The zero-order valence-corrected chi connectivity index (χ0v) is 16.6. The Balaban J connectivity index is 1.91. The van der Waals surface area contributed by atoms with Gasteiger partial charge in [-0.25, -0.2) is 4.79 Å². The molecule has 1 N–H and O–H groups in total. The number of benzene rings is 1. The molecule has 27 heavy (non-hydrogen) atoms. The minimum absolute atomic E-state index is 0.124. The largest absolute Gasteiger partial charge is 0.452 e. The predicted molar refractivity (Wildman–Crippen MR) is 102 cm³/mol. The van der Waals surface area contributed by atoms with Crippen LogP contribution in [-0.4, -0.2) is 33.2 Å². The lowest BCUT2D eigenvalue weighted by atomic mass is 10.2. The minimum atomic E-state index is -0.729. The Kier molecular flexibility index (Phi) is 6.70. The fourth-order valence-corrected chi connectivity index (χ4v) is 2.78. The number of ether oxygens (including phenoxy) is 1. The van der Waals surface area contributed by atoms with Crippen LogP contribution in [0.2, 0.25) is 5.15 Å². The number of aromatic nitrogens is 2. The normalized spacial score (nSPS) is 10.8. The number of carbonyl (C=O) groups excluding carboxylic acids is 2. The molecule has 1 aromatic carbocycles. The minimum Gasteiger partial charge on any atom is -0.452 e. The van der Waals surface area contributed by atoms with Gasteiger partial charge in [-0.3, -0.25) is 19.6 Å². The van der Waals surface area contributed by atoms with Gasteiger partial charge in [-0.2, -0.15) is 5.10 Å². The number of carbonyl (C=O) groups is 2. The van der Waals surface area contributed by atoms with Gasteiger partial charge in [0.2, 0.25) is 0 Å². The fourth-order valence-electron chi connectivity index (χ4n) is 2.08. The third kappa shape index (κ3) is 5.38. The molecule has 0 aliphatic rings. The fraction of sp³-hybridized carbons (Fsp3) is 0.188. The number of nitro benzene ring substituents is 1. The summed E-state index contributed by atoms with van der Waals surface area (Å²) < 4.78 is 6.66. The lowest BCUT2D eigenvalue weighted by Crippen LogP contribution is -2.20. The molecule has 0 bridgehead atoms. The van der Waals surface area contributed by atoms with Crippen molar-refractivity contribution in [3.63, 3.8) is 0 Å². The van der Waals surface area contributed by atoms with Crippen LogP contribution in [0.15, 0.2) is 28.7 Å². The van der Waals surface area contributed by atoms with Crippen LogP contribution in [0.1, 0.15) is 11.3 Å². The van der Waals surface area contributed by atoms with Gasteiger partial charge in [0.05, 0.1) is 16.3 Å². The summed E-state index contributed by atoms with van der Waals surface area (Å²) in [7, 11) is 1.67. The monoisotopic (exact) mass is 456 g/mol. The van der Waals surface area contributed by atoms with Crippen LogP contribution in [0.3, 0.4) is 0 Å². The summed E-state index contributed by atoms with van der Waals surface area (Å²) in [5.41, 5.74) is 1.42. The van der Waals surface area contributed by atoms with E-state index in [1.54, 1.807) is 14.0 Å². The van der Waals surface area contributed by atoms with Gasteiger partial charge >= 0.3 is 5.97 Å². The van der Waals surface area contributed by atoms with Crippen molar-refractivity contribution in [2.75, 3.05) is 11.9 Å². The molecule has 2 rings (SSSR count). The molecule has 0 saturated carbocycles. The first-order valence-corrected chi connectivity index (χ1v) is 8.64. The molecule has 0 fully saturated rings. The Morgan fingerprint density at radius 2 is 2.19 bits per heavy atom. The van der Waals surface area contributed by atoms with Crippen molar-refractivity contribution in [2.45, 2.75) is 6.92 Å². The SMILES string of the molecule is Cc1nn(C)c(Cl)c1/C=C/C(=O)OCC(=O)Nc1ccc([N+](=O)[O-])cc1Br. The van der Waals surface area contributed by atoms with Crippen molar-refractivity contribution in [1.82, 2.24) is 9.78 Å². The highest BCUT2D eigenvalue weighted by Crippen LogP contribution is 2.27. The molecule has 11 heteroatoms. The van der Waals surface area contributed by atoms with Crippen molar-refractivity contribution < 1.29 is 19.2 Å². The first kappa shape index (κ1) is 20.6. The van der Waals surface area contributed by atoms with E-state index in [0.717, 1.165) is 6.08 Å². The molecule has 1 aromatic heterocycles. The van der Waals surface area contributed by atoms with Crippen LogP contribution in [0.25, 0.3) is 6.08 Å². The number of aryl methyl sites for hydroxylation is 2. The first-order chi connectivity index (χ1) is 12.7. The van der Waals surface area contributed by atoms with Crippen LogP contribution < -0.4 is 5.32 Å². The molecule has 0 aliphatic heterocycles. The molecule has 142 valence electrons. The first-order valence-electron chi connectivity index (χ1n) is 7.46. The van der Waals surface area contributed by atoms with E-state index >= 15 is 0 Å². The van der Waals surface area contributed by atoms with Gasteiger partial charge in [0.1, 0.15) is 5.15 Å². The van der Waals surface area contributed by atoms with E-state index in [9.17, 15) is 19.7 Å². The predicted octanol–water partition coefficient (Wildman–Crippen LogP) is 3.25. The molecule has 0 radical (unpaired) electrons. The van der Waals surface area contributed by atoms with Crippen molar-refractivity contribution in [2.24, 2.45) is 7.05 Å². The van der Waals surface area contributed by atoms with E-state index in [0.29, 0.717) is 26.6 Å². The molecule has 1 heterocycles. The maximum absolute atomic E-state index is 11.9. The Labute approximate surface area is 167 Å². The summed E-state index contributed by atoms with van der Waals surface area (Å²) in [4.78, 5) is 33.8. The average molecular weight is 458 g/mol. The summed E-state index contributed by atoms with van der Waals surface area (Å²) in [5.74, 6) is -1.32. The average Bonchev–Trinajstić information content (AvgIpc) is 2.85. The number of hydrogen-bond acceptors (Lipinski definition) is 6. The van der Waals surface area contributed by atoms with Gasteiger partial charge in [0, 0.05) is 35.3 Å². The van der Waals surface area contributed by atoms with Gasteiger partial charge in [0.15, 0.2) is 6.61 Å². The van der Waals surface area contributed by atoms with Gasteiger partial charge in [0.25, 0.3) is 11.6 Å². The van der Waals surface area contributed by atoms with Gasteiger partial charge < -0.3 is 10.1 Å². The van der Waals surface area contributed by atoms with Gasteiger partial charge in [-0.05, 0) is 35.0 Å². The van der Waals surface area contributed by atoms with E-state index in [-0.39, 0.29) is 5.69 Å². The Hall–Kier alpha value is -2.72. The molecule has 0 unspecified atom stereocenters. The second-order valence-corrected chi connectivity index (χ2v) is 6.54. The van der Waals surface area contributed by atoms with Crippen molar-refractivity contribution in [1.29, 1.82) is 0 Å². The maximum atomic E-state index is 11.9. The Morgan fingerprint density at radius 3 is 2.74 bits per heavy atom. The van der Waals surface area contributed by atoms with Crippen LogP contribution in [0.4, 0.5) is 11.4 Å². The van der Waals surface area contributed by atoms with Gasteiger partial charge in [-0.15, -0.1) is 0 Å². The second-order valence-electron chi connectivity index (χ2n) is 5.32. The standard InChI is InChI=1S/C16H14BrClN4O5/c1-9-11(16(18)21(2)20-9)4-6-15(24)27-8-14(23)19-13-5-3-10(22(25)26)7-12(13)17/h3-7H,8H2,1-2H3,(H,19,23)/b6-4+. The number of rotatable bonds is 6. The molecule has 0 aliphatic carbocycles. The zero-order chi connectivity index (χ0) is 20.1. The van der Waals surface area contributed by atoms with E-state index in [2.05, 4.69) is 26.3 Å². The topological polar surface area (TPSA) is 116 Å². The number of anilines is 1. The van der Waals surface area contributed by atoms with Crippen LogP contribution in [0, 0.1) is 17.0 Å². The van der Waals surface area contributed by atoms with Crippen molar-refractivity contribution in [3.8, 4) is 0 Å². The third-order valence-corrected chi connectivity index (χ3v) is 4.47. The highest BCUT2D eigenvalue weighted by atomic mass is 79.9. The zero-order valence-electron chi connectivity index (χ0n) is 14.2. The molecule has 9 nitrogen and oxygen atoms in total. The quantitative estimate of drug-likeness (QED) is 0.308. The number of amides is 1. The lowest BCUT2D eigenvalue weighted by Gasteiger charge is -2.07. The molecular formula is C16H14BrClN4O5. The van der Waals surface area contributed by atoms with Crippen LogP contribution >= 0.6 is 27.5 Å². The van der Waals surface area contributed by atoms with Crippen LogP contribution in [-0.2, 0) is 21.4 Å². The maximum Gasteiger partial charge on any atom is 0.331 e. The van der Waals surface area contributed by atoms with Crippen molar-refractivity contribution >= 4 is 56.9 Å². The summed E-state index contributed by atoms with van der Waals surface area (Å²) >= 11 is 9.18. The van der Waals surface area contributed by atoms with Gasteiger partial charge in [-0.1, -0.05) is 11.6 Å². The number of nitrogens with zero attached hydrogens (tertiary/aromatic N) is 3. The number of non-ortho nitro benzene ring substituents is 1. The smallest absolute Gasteiger partial charge is 0.331 e. The number of esters is 1. The second kappa shape index (κ2) is 8.78. The van der Waals surface area contributed by atoms with E-state index in [4.69, 9.17) is 16.3 Å². The molecule has 1 amide bonds.